The monoisotopic (exact) mass is 215 g/mol. The van der Waals surface area contributed by atoms with Crippen molar-refractivity contribution in [3.63, 3.8) is 0 Å². The van der Waals surface area contributed by atoms with E-state index in [0.717, 1.165) is 24.4 Å². The summed E-state index contributed by atoms with van der Waals surface area (Å²) in [4.78, 5) is 0. The fourth-order valence-corrected chi connectivity index (χ4v) is 2.79. The van der Waals surface area contributed by atoms with E-state index in [-0.39, 0.29) is 0 Å². The van der Waals surface area contributed by atoms with E-state index >= 15 is 0 Å². The molecule has 0 bridgehead atoms. The molecule has 0 saturated carbocycles. The van der Waals surface area contributed by atoms with Gasteiger partial charge in [-0.2, -0.15) is 0 Å². The first-order valence-corrected chi connectivity index (χ1v) is 6.05. The standard InChI is InChI=1S/C14H17NO/c1-10-14(11-5-4-8-15-9-11)12-6-2-3-7-13(12)16-10/h2-3,6-7,11,15H,4-5,8-9H2,1H3. The van der Waals surface area contributed by atoms with Gasteiger partial charge in [0.15, 0.2) is 0 Å². The average molecular weight is 215 g/mol. The van der Waals surface area contributed by atoms with E-state index in [1.807, 2.05) is 6.07 Å². The number of rotatable bonds is 1. The number of nitrogens with one attached hydrogen (secondary N) is 1. The average Bonchev–Trinajstić information content (AvgIpc) is 2.66. The van der Waals surface area contributed by atoms with Crippen molar-refractivity contribution < 1.29 is 4.42 Å². The first-order valence-electron chi connectivity index (χ1n) is 6.05. The normalized spacial score (nSPS) is 21.4. The van der Waals surface area contributed by atoms with Gasteiger partial charge in [-0.15, -0.1) is 0 Å². The van der Waals surface area contributed by atoms with E-state index < -0.39 is 0 Å². The predicted octanol–water partition coefficient (Wildman–Crippen LogP) is 3.21. The summed E-state index contributed by atoms with van der Waals surface area (Å²) in [6.07, 6.45) is 2.54. The van der Waals surface area contributed by atoms with Crippen LogP contribution >= 0.6 is 0 Å². The number of aryl methyl sites for hydroxylation is 1. The SMILES string of the molecule is Cc1oc2ccccc2c1C1CCCNC1. The quantitative estimate of drug-likeness (QED) is 0.790. The first kappa shape index (κ1) is 9.91. The summed E-state index contributed by atoms with van der Waals surface area (Å²) in [6.45, 7) is 4.33. The van der Waals surface area contributed by atoms with E-state index in [1.165, 1.54) is 23.8 Å². The van der Waals surface area contributed by atoms with Crippen molar-refractivity contribution in [3.05, 3.63) is 35.6 Å². The molecule has 1 saturated heterocycles. The minimum absolute atomic E-state index is 0.623. The highest BCUT2D eigenvalue weighted by molar-refractivity contribution is 5.82. The molecule has 3 rings (SSSR count). The lowest BCUT2D eigenvalue weighted by atomic mass is 9.90. The second-order valence-electron chi connectivity index (χ2n) is 4.61. The highest BCUT2D eigenvalue weighted by Crippen LogP contribution is 2.34. The number of furan rings is 1. The smallest absolute Gasteiger partial charge is 0.134 e. The Labute approximate surface area is 95.6 Å². The molecule has 16 heavy (non-hydrogen) atoms. The van der Waals surface area contributed by atoms with Crippen molar-refractivity contribution in [2.45, 2.75) is 25.7 Å². The van der Waals surface area contributed by atoms with Crippen molar-refractivity contribution in [1.29, 1.82) is 0 Å². The summed E-state index contributed by atoms with van der Waals surface area (Å²) in [5, 5.41) is 4.77. The fourth-order valence-electron chi connectivity index (χ4n) is 2.79. The van der Waals surface area contributed by atoms with Crippen molar-refractivity contribution in [2.24, 2.45) is 0 Å². The third kappa shape index (κ3) is 1.54. The number of benzene rings is 1. The van der Waals surface area contributed by atoms with Crippen LogP contribution in [0.15, 0.2) is 28.7 Å². The van der Waals surface area contributed by atoms with Crippen molar-refractivity contribution in [3.8, 4) is 0 Å². The number of para-hydroxylation sites is 1. The summed E-state index contributed by atoms with van der Waals surface area (Å²) in [7, 11) is 0. The summed E-state index contributed by atoms with van der Waals surface area (Å²) >= 11 is 0. The van der Waals surface area contributed by atoms with Gasteiger partial charge in [0.1, 0.15) is 11.3 Å². The molecule has 2 aromatic rings. The van der Waals surface area contributed by atoms with Gasteiger partial charge in [0.25, 0.3) is 0 Å². The zero-order valence-electron chi connectivity index (χ0n) is 9.62. The Morgan fingerprint density at radius 3 is 3.00 bits per heavy atom. The van der Waals surface area contributed by atoms with Crippen LogP contribution in [0.5, 0.6) is 0 Å². The molecular formula is C14H17NO. The molecule has 1 unspecified atom stereocenters. The molecule has 2 nitrogen and oxygen atoms in total. The summed E-state index contributed by atoms with van der Waals surface area (Å²) in [6, 6.07) is 8.36. The molecule has 1 fully saturated rings. The number of fused-ring (bicyclic) bond motifs is 1. The van der Waals surface area contributed by atoms with E-state index in [4.69, 9.17) is 4.42 Å². The second kappa shape index (κ2) is 3.95. The third-order valence-corrected chi connectivity index (χ3v) is 3.52. The Morgan fingerprint density at radius 1 is 1.31 bits per heavy atom. The molecule has 1 N–H and O–H groups in total. The maximum Gasteiger partial charge on any atom is 0.134 e. The molecule has 1 aromatic heterocycles. The minimum Gasteiger partial charge on any atom is -0.461 e. The topological polar surface area (TPSA) is 25.2 Å². The summed E-state index contributed by atoms with van der Waals surface area (Å²) in [5.74, 6) is 1.72. The van der Waals surface area contributed by atoms with Crippen LogP contribution in [-0.4, -0.2) is 13.1 Å². The zero-order chi connectivity index (χ0) is 11.0. The summed E-state index contributed by atoms with van der Waals surface area (Å²) in [5.41, 5.74) is 2.45. The second-order valence-corrected chi connectivity index (χ2v) is 4.61. The van der Waals surface area contributed by atoms with Crippen LogP contribution in [-0.2, 0) is 0 Å². The van der Waals surface area contributed by atoms with Gasteiger partial charge in [0.05, 0.1) is 0 Å². The van der Waals surface area contributed by atoms with Crippen LogP contribution in [0.25, 0.3) is 11.0 Å². The highest BCUT2D eigenvalue weighted by Gasteiger charge is 2.21. The van der Waals surface area contributed by atoms with Gasteiger partial charge >= 0.3 is 0 Å². The largest absolute Gasteiger partial charge is 0.461 e. The van der Waals surface area contributed by atoms with E-state index in [0.29, 0.717) is 5.92 Å². The Morgan fingerprint density at radius 2 is 2.19 bits per heavy atom. The van der Waals surface area contributed by atoms with E-state index in [1.54, 1.807) is 0 Å². The van der Waals surface area contributed by atoms with Gasteiger partial charge in [-0.05, 0) is 32.4 Å². The number of piperidine rings is 1. The van der Waals surface area contributed by atoms with Crippen LogP contribution in [0.4, 0.5) is 0 Å². The van der Waals surface area contributed by atoms with Crippen LogP contribution in [0.1, 0.15) is 30.1 Å². The predicted molar refractivity (Wildman–Crippen MR) is 65.8 cm³/mol. The molecular weight excluding hydrogens is 198 g/mol. The lowest BCUT2D eigenvalue weighted by Gasteiger charge is -2.22. The fraction of sp³-hybridized carbons (Fsp3) is 0.429. The van der Waals surface area contributed by atoms with E-state index in [2.05, 4.69) is 30.4 Å². The van der Waals surface area contributed by atoms with Crippen LogP contribution in [0.2, 0.25) is 0 Å². The number of hydrogen-bond donors (Lipinski definition) is 1. The third-order valence-electron chi connectivity index (χ3n) is 3.52. The van der Waals surface area contributed by atoms with Crippen molar-refractivity contribution in [2.75, 3.05) is 13.1 Å². The maximum absolute atomic E-state index is 5.82. The van der Waals surface area contributed by atoms with Gasteiger partial charge in [0, 0.05) is 23.4 Å². The van der Waals surface area contributed by atoms with Gasteiger partial charge in [-0.3, -0.25) is 0 Å². The van der Waals surface area contributed by atoms with Crippen molar-refractivity contribution >= 4 is 11.0 Å². The molecule has 2 heterocycles. The molecule has 2 heteroatoms. The van der Waals surface area contributed by atoms with Crippen LogP contribution < -0.4 is 5.32 Å². The molecule has 1 aliphatic rings. The minimum atomic E-state index is 0.623. The Bertz CT molecular complexity index is 494. The Balaban J connectivity index is 2.10. The van der Waals surface area contributed by atoms with E-state index in [9.17, 15) is 0 Å². The molecule has 0 amide bonds. The zero-order valence-corrected chi connectivity index (χ0v) is 9.62. The molecule has 1 aromatic carbocycles. The lowest BCUT2D eigenvalue weighted by Crippen LogP contribution is -2.28. The molecule has 84 valence electrons. The van der Waals surface area contributed by atoms with Gasteiger partial charge in [-0.1, -0.05) is 18.2 Å². The molecule has 0 aliphatic carbocycles. The molecule has 0 spiro atoms. The van der Waals surface area contributed by atoms with Crippen LogP contribution in [0.3, 0.4) is 0 Å². The van der Waals surface area contributed by atoms with Crippen molar-refractivity contribution in [1.82, 2.24) is 5.32 Å². The Kier molecular flexibility index (Phi) is 2.44. The first-order chi connectivity index (χ1) is 7.86. The number of hydrogen-bond acceptors (Lipinski definition) is 2. The molecule has 1 atom stereocenters. The van der Waals surface area contributed by atoms with Gasteiger partial charge in [-0.25, -0.2) is 0 Å². The maximum atomic E-state index is 5.82. The lowest BCUT2D eigenvalue weighted by molar-refractivity contribution is 0.454. The van der Waals surface area contributed by atoms with Crippen LogP contribution in [0, 0.1) is 6.92 Å². The molecule has 0 radical (unpaired) electrons. The summed E-state index contributed by atoms with van der Waals surface area (Å²) < 4.78 is 5.82. The van der Waals surface area contributed by atoms with Gasteiger partial charge < -0.3 is 9.73 Å². The Hall–Kier alpha value is -1.28. The van der Waals surface area contributed by atoms with Gasteiger partial charge in [0.2, 0.25) is 0 Å². The molecule has 1 aliphatic heterocycles. The highest BCUT2D eigenvalue weighted by atomic mass is 16.3.